The van der Waals surface area contributed by atoms with Crippen LogP contribution in [0.5, 0.6) is 0 Å². The minimum absolute atomic E-state index is 0.0121. The summed E-state index contributed by atoms with van der Waals surface area (Å²) in [6.07, 6.45) is 1.53. The van der Waals surface area contributed by atoms with Gasteiger partial charge in [0.1, 0.15) is 18.0 Å². The zero-order valence-corrected chi connectivity index (χ0v) is 11.0. The molecule has 0 bridgehead atoms. The van der Waals surface area contributed by atoms with E-state index in [0.717, 1.165) is 23.7 Å². The molecule has 1 atom stereocenters. The van der Waals surface area contributed by atoms with E-state index >= 15 is 0 Å². The van der Waals surface area contributed by atoms with Crippen LogP contribution < -0.4 is 10.6 Å². The highest BCUT2D eigenvalue weighted by Crippen LogP contribution is 2.20. The summed E-state index contributed by atoms with van der Waals surface area (Å²) in [5.41, 5.74) is 0.980. The van der Waals surface area contributed by atoms with Gasteiger partial charge in [-0.25, -0.2) is 9.97 Å². The van der Waals surface area contributed by atoms with Crippen molar-refractivity contribution in [3.05, 3.63) is 11.9 Å². The lowest BCUT2D eigenvalue weighted by Gasteiger charge is -2.22. The highest BCUT2D eigenvalue weighted by Gasteiger charge is 2.14. The topological polar surface area (TPSA) is 70.1 Å². The van der Waals surface area contributed by atoms with Crippen LogP contribution in [0.2, 0.25) is 0 Å². The lowest BCUT2D eigenvalue weighted by molar-refractivity contribution is 0.249. The number of aromatic nitrogens is 2. The van der Waals surface area contributed by atoms with Crippen LogP contribution in [0.1, 0.15) is 26.3 Å². The molecule has 0 unspecified atom stereocenters. The fourth-order valence-electron chi connectivity index (χ4n) is 1.54. The van der Waals surface area contributed by atoms with Crippen molar-refractivity contribution in [3.63, 3.8) is 0 Å². The SMILES string of the molecule is CCNc1ncnc(N[C@H](CO)C(C)C)c1C. The van der Waals surface area contributed by atoms with Gasteiger partial charge in [0.25, 0.3) is 0 Å². The summed E-state index contributed by atoms with van der Waals surface area (Å²) in [5, 5.41) is 15.7. The van der Waals surface area contributed by atoms with Crippen molar-refractivity contribution in [3.8, 4) is 0 Å². The van der Waals surface area contributed by atoms with Crippen molar-refractivity contribution in [2.24, 2.45) is 5.92 Å². The normalized spacial score (nSPS) is 12.6. The smallest absolute Gasteiger partial charge is 0.134 e. The molecule has 1 heterocycles. The summed E-state index contributed by atoms with van der Waals surface area (Å²) < 4.78 is 0. The molecule has 3 N–H and O–H groups in total. The van der Waals surface area contributed by atoms with E-state index in [0.29, 0.717) is 5.92 Å². The average molecular weight is 238 g/mol. The molecule has 0 aliphatic heterocycles. The summed E-state index contributed by atoms with van der Waals surface area (Å²) in [5.74, 6) is 1.96. The fourth-order valence-corrected chi connectivity index (χ4v) is 1.54. The molecule has 17 heavy (non-hydrogen) atoms. The Morgan fingerprint density at radius 3 is 2.47 bits per heavy atom. The molecular formula is C12H22N4O. The van der Waals surface area contributed by atoms with Crippen LogP contribution in [0.4, 0.5) is 11.6 Å². The van der Waals surface area contributed by atoms with E-state index in [2.05, 4.69) is 34.4 Å². The standard InChI is InChI=1S/C12H22N4O/c1-5-13-11-9(4)12(15-7-14-11)16-10(6-17)8(2)3/h7-8,10,17H,5-6H2,1-4H3,(H2,13,14,15,16)/t10-/m1/s1. The van der Waals surface area contributed by atoms with Crippen LogP contribution in [0.15, 0.2) is 6.33 Å². The lowest BCUT2D eigenvalue weighted by Crippen LogP contribution is -2.30. The summed E-state index contributed by atoms with van der Waals surface area (Å²) in [6, 6.07) is 0.0121. The molecule has 1 aromatic rings. The molecule has 96 valence electrons. The first-order valence-electron chi connectivity index (χ1n) is 6.03. The van der Waals surface area contributed by atoms with Crippen LogP contribution in [0.25, 0.3) is 0 Å². The molecule has 5 heteroatoms. The Hall–Kier alpha value is -1.36. The molecule has 0 spiro atoms. The third-order valence-electron chi connectivity index (χ3n) is 2.75. The van der Waals surface area contributed by atoms with Gasteiger partial charge >= 0.3 is 0 Å². The van der Waals surface area contributed by atoms with Gasteiger partial charge in [-0.2, -0.15) is 0 Å². The van der Waals surface area contributed by atoms with Gasteiger partial charge in [0.2, 0.25) is 0 Å². The Morgan fingerprint density at radius 1 is 1.29 bits per heavy atom. The largest absolute Gasteiger partial charge is 0.394 e. The Bertz CT molecular complexity index is 354. The molecule has 0 amide bonds. The van der Waals surface area contributed by atoms with E-state index in [9.17, 15) is 5.11 Å². The van der Waals surface area contributed by atoms with Gasteiger partial charge in [-0.1, -0.05) is 13.8 Å². The third-order valence-corrected chi connectivity index (χ3v) is 2.75. The maximum Gasteiger partial charge on any atom is 0.134 e. The monoisotopic (exact) mass is 238 g/mol. The number of nitrogens with one attached hydrogen (secondary N) is 2. The first kappa shape index (κ1) is 13.7. The van der Waals surface area contributed by atoms with Crippen molar-refractivity contribution in [1.82, 2.24) is 9.97 Å². The molecule has 5 nitrogen and oxygen atoms in total. The number of hydrogen-bond donors (Lipinski definition) is 3. The van der Waals surface area contributed by atoms with E-state index in [1.54, 1.807) is 0 Å². The van der Waals surface area contributed by atoms with Crippen LogP contribution in [0.3, 0.4) is 0 Å². The first-order chi connectivity index (χ1) is 8.10. The number of aliphatic hydroxyl groups excluding tert-OH is 1. The highest BCUT2D eigenvalue weighted by molar-refractivity contribution is 5.56. The summed E-state index contributed by atoms with van der Waals surface area (Å²) in [6.45, 7) is 9.04. The van der Waals surface area contributed by atoms with Crippen molar-refractivity contribution < 1.29 is 5.11 Å². The highest BCUT2D eigenvalue weighted by atomic mass is 16.3. The first-order valence-corrected chi connectivity index (χ1v) is 6.03. The van der Waals surface area contributed by atoms with Crippen LogP contribution in [0, 0.1) is 12.8 Å². The maximum atomic E-state index is 9.30. The second-order valence-corrected chi connectivity index (χ2v) is 4.40. The van der Waals surface area contributed by atoms with Gasteiger partial charge in [-0.05, 0) is 19.8 Å². The van der Waals surface area contributed by atoms with Crippen LogP contribution in [-0.4, -0.2) is 34.3 Å². The van der Waals surface area contributed by atoms with Gasteiger partial charge < -0.3 is 15.7 Å². The van der Waals surface area contributed by atoms with Crippen molar-refractivity contribution >= 4 is 11.6 Å². The Labute approximate surface area is 103 Å². The quantitative estimate of drug-likeness (QED) is 0.703. The van der Waals surface area contributed by atoms with Gasteiger partial charge in [-0.15, -0.1) is 0 Å². The molecule has 0 aliphatic carbocycles. The molecule has 0 fully saturated rings. The second-order valence-electron chi connectivity index (χ2n) is 4.40. The minimum atomic E-state index is 0.0121. The van der Waals surface area contributed by atoms with E-state index in [-0.39, 0.29) is 12.6 Å². The molecule has 0 radical (unpaired) electrons. The van der Waals surface area contributed by atoms with E-state index in [1.165, 1.54) is 6.33 Å². The number of hydrogen-bond acceptors (Lipinski definition) is 5. The Balaban J connectivity index is 2.87. The second kappa shape index (κ2) is 6.39. The number of nitrogens with zero attached hydrogens (tertiary/aromatic N) is 2. The van der Waals surface area contributed by atoms with E-state index < -0.39 is 0 Å². The molecule has 1 aromatic heterocycles. The summed E-state index contributed by atoms with van der Waals surface area (Å²) in [4.78, 5) is 8.40. The number of rotatable bonds is 6. The molecule has 0 saturated carbocycles. The van der Waals surface area contributed by atoms with E-state index in [1.807, 2.05) is 13.8 Å². The molecule has 0 saturated heterocycles. The van der Waals surface area contributed by atoms with Crippen molar-refractivity contribution in [2.75, 3.05) is 23.8 Å². The zero-order valence-electron chi connectivity index (χ0n) is 11.0. The van der Waals surface area contributed by atoms with E-state index in [4.69, 9.17) is 0 Å². The fraction of sp³-hybridized carbons (Fsp3) is 0.667. The maximum absolute atomic E-state index is 9.30. The van der Waals surface area contributed by atoms with Crippen LogP contribution >= 0.6 is 0 Å². The lowest BCUT2D eigenvalue weighted by atomic mass is 10.1. The summed E-state index contributed by atoms with van der Waals surface area (Å²) >= 11 is 0. The average Bonchev–Trinajstić information content (AvgIpc) is 2.30. The molecule has 0 aliphatic rings. The third kappa shape index (κ3) is 3.56. The molecular weight excluding hydrogens is 216 g/mol. The predicted molar refractivity (Wildman–Crippen MR) is 70.3 cm³/mol. The van der Waals surface area contributed by atoms with Crippen molar-refractivity contribution in [2.45, 2.75) is 33.7 Å². The van der Waals surface area contributed by atoms with Crippen molar-refractivity contribution in [1.29, 1.82) is 0 Å². The zero-order chi connectivity index (χ0) is 12.8. The Morgan fingerprint density at radius 2 is 1.94 bits per heavy atom. The van der Waals surface area contributed by atoms with Crippen LogP contribution in [-0.2, 0) is 0 Å². The predicted octanol–water partition coefficient (Wildman–Crippen LogP) is 1.65. The molecule has 0 aromatic carbocycles. The van der Waals surface area contributed by atoms with Gasteiger partial charge in [0.15, 0.2) is 0 Å². The Kier molecular flexibility index (Phi) is 5.15. The number of aliphatic hydroxyl groups is 1. The van der Waals surface area contributed by atoms with Gasteiger partial charge in [0, 0.05) is 12.1 Å². The minimum Gasteiger partial charge on any atom is -0.394 e. The van der Waals surface area contributed by atoms with Gasteiger partial charge in [-0.3, -0.25) is 0 Å². The summed E-state index contributed by atoms with van der Waals surface area (Å²) in [7, 11) is 0. The molecule has 1 rings (SSSR count). The number of anilines is 2. The van der Waals surface area contributed by atoms with Gasteiger partial charge in [0.05, 0.1) is 12.6 Å².